The lowest BCUT2D eigenvalue weighted by molar-refractivity contribution is -0.139. The second-order valence-corrected chi connectivity index (χ2v) is 9.69. The Bertz CT molecular complexity index is 798. The van der Waals surface area contributed by atoms with Crippen molar-refractivity contribution in [3.8, 4) is 0 Å². The Balaban J connectivity index is 1.58. The Morgan fingerprint density at radius 1 is 1.06 bits per heavy atom. The van der Waals surface area contributed by atoms with Crippen LogP contribution in [0.1, 0.15) is 77.0 Å². The second kappa shape index (κ2) is 9.81. The first-order chi connectivity index (χ1) is 14.7. The minimum atomic E-state index is -0.839. The van der Waals surface area contributed by atoms with Crippen molar-refractivity contribution < 1.29 is 14.4 Å². The van der Waals surface area contributed by atoms with Crippen LogP contribution in [0.5, 0.6) is 0 Å². The first-order valence-electron chi connectivity index (χ1n) is 11.5. The molecule has 31 heavy (non-hydrogen) atoms. The van der Waals surface area contributed by atoms with Gasteiger partial charge >= 0.3 is 6.03 Å². The molecule has 0 unspecified atom stereocenters. The number of carbonyl (C=O) groups excluding carboxylic acids is 3. The van der Waals surface area contributed by atoms with Gasteiger partial charge in [-0.2, -0.15) is 5.01 Å². The number of nitrogens with zero attached hydrogens (tertiary/aromatic N) is 1. The van der Waals surface area contributed by atoms with Crippen molar-refractivity contribution in [1.82, 2.24) is 21.1 Å². The lowest BCUT2D eigenvalue weighted by Crippen LogP contribution is -2.52. The molecule has 7 heteroatoms. The van der Waals surface area contributed by atoms with E-state index in [1.165, 1.54) is 5.56 Å². The van der Waals surface area contributed by atoms with Crippen molar-refractivity contribution in [2.24, 2.45) is 11.8 Å². The molecule has 1 heterocycles. The van der Waals surface area contributed by atoms with E-state index in [2.05, 4.69) is 68.0 Å². The Morgan fingerprint density at radius 2 is 1.71 bits per heavy atom. The number of nitrogens with one attached hydrogen (secondary N) is 3. The Hall–Kier alpha value is -2.41. The van der Waals surface area contributed by atoms with Gasteiger partial charge in [0.05, 0.1) is 6.54 Å². The normalized spacial score (nSPS) is 19.2. The molecule has 7 nitrogen and oxygen atoms in total. The molecule has 1 spiro atoms. The number of carbonyl (C=O) groups is 3. The number of imide groups is 1. The molecular formula is C24H36N4O3. The Kier molecular flexibility index (Phi) is 7.36. The van der Waals surface area contributed by atoms with Crippen molar-refractivity contribution >= 4 is 17.8 Å². The quantitative estimate of drug-likeness (QED) is 0.553. The summed E-state index contributed by atoms with van der Waals surface area (Å²) in [5, 5.41) is 6.95. The minimum Gasteiger partial charge on any atom is -0.322 e. The van der Waals surface area contributed by atoms with Gasteiger partial charge in [0, 0.05) is 6.04 Å². The number of hydrogen-bond acceptors (Lipinski definition) is 4. The molecule has 3 rings (SSSR count). The van der Waals surface area contributed by atoms with E-state index >= 15 is 0 Å². The largest absolute Gasteiger partial charge is 0.344 e. The predicted octanol–water partition coefficient (Wildman–Crippen LogP) is 3.46. The Labute approximate surface area is 185 Å². The van der Waals surface area contributed by atoms with Gasteiger partial charge in [0.1, 0.15) is 5.54 Å². The van der Waals surface area contributed by atoms with Crippen molar-refractivity contribution in [2.75, 3.05) is 6.54 Å². The van der Waals surface area contributed by atoms with Crippen molar-refractivity contribution in [3.05, 3.63) is 35.4 Å². The van der Waals surface area contributed by atoms with E-state index in [1.54, 1.807) is 0 Å². The second-order valence-electron chi connectivity index (χ2n) is 9.69. The molecule has 1 atom stereocenters. The summed E-state index contributed by atoms with van der Waals surface area (Å²) < 4.78 is 0. The maximum atomic E-state index is 12.8. The number of urea groups is 1. The van der Waals surface area contributed by atoms with Gasteiger partial charge in [0.15, 0.2) is 0 Å². The van der Waals surface area contributed by atoms with E-state index < -0.39 is 17.5 Å². The van der Waals surface area contributed by atoms with Crippen LogP contribution in [0, 0.1) is 11.8 Å². The monoisotopic (exact) mass is 428 g/mol. The van der Waals surface area contributed by atoms with E-state index in [1.807, 2.05) is 0 Å². The van der Waals surface area contributed by atoms with Crippen LogP contribution in [0.4, 0.5) is 4.79 Å². The van der Waals surface area contributed by atoms with Gasteiger partial charge in [-0.05, 0) is 42.2 Å². The molecule has 1 aliphatic carbocycles. The number of hydrogen-bond donors (Lipinski definition) is 3. The molecule has 2 fully saturated rings. The van der Waals surface area contributed by atoms with Crippen LogP contribution in [-0.2, 0) is 16.0 Å². The maximum absolute atomic E-state index is 12.8. The van der Waals surface area contributed by atoms with Gasteiger partial charge < -0.3 is 10.6 Å². The SMILES string of the molecule is CC(C)Cc1ccc([C@H](NCC(=O)NN2C(=O)NC3(CCCCC3)C2=O)C(C)C)cc1. The zero-order valence-electron chi connectivity index (χ0n) is 19.2. The zero-order valence-corrected chi connectivity index (χ0v) is 19.2. The molecule has 1 saturated carbocycles. The number of amides is 4. The summed E-state index contributed by atoms with van der Waals surface area (Å²) in [6.45, 7) is 8.61. The topological polar surface area (TPSA) is 90.5 Å². The predicted molar refractivity (Wildman–Crippen MR) is 120 cm³/mol. The van der Waals surface area contributed by atoms with Gasteiger partial charge in [0.2, 0.25) is 0 Å². The molecule has 4 amide bonds. The molecule has 0 aromatic heterocycles. The van der Waals surface area contributed by atoms with Crippen LogP contribution in [0.25, 0.3) is 0 Å². The zero-order chi connectivity index (χ0) is 22.6. The lowest BCUT2D eigenvalue weighted by Gasteiger charge is -2.30. The average Bonchev–Trinajstić information content (AvgIpc) is 2.93. The van der Waals surface area contributed by atoms with Crippen LogP contribution in [0.3, 0.4) is 0 Å². The fraction of sp³-hybridized carbons (Fsp3) is 0.625. The molecule has 0 radical (unpaired) electrons. The number of hydrazine groups is 1. The van der Waals surface area contributed by atoms with Crippen molar-refractivity contribution in [1.29, 1.82) is 0 Å². The van der Waals surface area contributed by atoms with E-state index in [-0.39, 0.29) is 24.4 Å². The van der Waals surface area contributed by atoms with Crippen LogP contribution < -0.4 is 16.1 Å². The van der Waals surface area contributed by atoms with Crippen LogP contribution in [-0.4, -0.2) is 34.9 Å². The fourth-order valence-electron chi connectivity index (χ4n) is 4.65. The first kappa shape index (κ1) is 23.3. The molecule has 3 N–H and O–H groups in total. The molecule has 2 aliphatic rings. The van der Waals surface area contributed by atoms with Gasteiger partial charge in [-0.15, -0.1) is 0 Å². The van der Waals surface area contributed by atoms with E-state index in [4.69, 9.17) is 0 Å². The Morgan fingerprint density at radius 3 is 2.29 bits per heavy atom. The van der Waals surface area contributed by atoms with Crippen LogP contribution in [0.2, 0.25) is 0 Å². The summed E-state index contributed by atoms with van der Waals surface area (Å²) in [6.07, 6.45) is 5.17. The highest BCUT2D eigenvalue weighted by Gasteiger charge is 2.52. The summed E-state index contributed by atoms with van der Waals surface area (Å²) in [4.78, 5) is 37.7. The molecular weight excluding hydrogens is 392 g/mol. The van der Waals surface area contributed by atoms with E-state index in [0.29, 0.717) is 18.8 Å². The summed E-state index contributed by atoms with van der Waals surface area (Å²) in [6, 6.07) is 7.95. The van der Waals surface area contributed by atoms with E-state index in [9.17, 15) is 14.4 Å². The average molecular weight is 429 g/mol. The van der Waals surface area contributed by atoms with Crippen molar-refractivity contribution in [2.45, 2.75) is 77.8 Å². The molecule has 1 aliphatic heterocycles. The summed E-state index contributed by atoms with van der Waals surface area (Å²) >= 11 is 0. The standard InChI is InChI=1S/C24H36N4O3/c1-16(2)14-18-8-10-19(11-9-18)21(17(3)4)25-15-20(29)27-28-22(30)24(26-23(28)31)12-6-5-7-13-24/h8-11,16-17,21,25H,5-7,12-15H2,1-4H3,(H,26,31)(H,27,29)/t21-/m1/s1. The van der Waals surface area contributed by atoms with Crippen LogP contribution >= 0.6 is 0 Å². The third kappa shape index (κ3) is 5.45. The van der Waals surface area contributed by atoms with Gasteiger partial charge in [-0.3, -0.25) is 15.0 Å². The highest BCUT2D eigenvalue weighted by atomic mass is 16.2. The minimum absolute atomic E-state index is 0.00774. The molecule has 1 aromatic carbocycles. The lowest BCUT2D eigenvalue weighted by atomic mass is 9.82. The smallest absolute Gasteiger partial charge is 0.322 e. The molecule has 0 bridgehead atoms. The summed E-state index contributed by atoms with van der Waals surface area (Å²) in [7, 11) is 0. The summed E-state index contributed by atoms with van der Waals surface area (Å²) in [5.74, 6) is 0.128. The first-order valence-corrected chi connectivity index (χ1v) is 11.5. The third-order valence-electron chi connectivity index (χ3n) is 6.24. The van der Waals surface area contributed by atoms with Gasteiger partial charge in [-0.1, -0.05) is 71.2 Å². The highest BCUT2D eigenvalue weighted by molar-refractivity contribution is 6.08. The summed E-state index contributed by atoms with van der Waals surface area (Å²) in [5.41, 5.74) is 4.07. The van der Waals surface area contributed by atoms with Gasteiger partial charge in [0.25, 0.3) is 11.8 Å². The van der Waals surface area contributed by atoms with Gasteiger partial charge in [-0.25, -0.2) is 4.79 Å². The number of rotatable bonds is 8. The maximum Gasteiger partial charge on any atom is 0.344 e. The van der Waals surface area contributed by atoms with E-state index in [0.717, 1.165) is 36.3 Å². The molecule has 1 aromatic rings. The number of benzene rings is 1. The molecule has 1 saturated heterocycles. The highest BCUT2D eigenvalue weighted by Crippen LogP contribution is 2.33. The fourth-order valence-corrected chi connectivity index (χ4v) is 4.65. The molecule has 170 valence electrons. The third-order valence-corrected chi connectivity index (χ3v) is 6.24. The van der Waals surface area contributed by atoms with Crippen molar-refractivity contribution in [3.63, 3.8) is 0 Å². The van der Waals surface area contributed by atoms with Crippen LogP contribution in [0.15, 0.2) is 24.3 Å².